The van der Waals surface area contributed by atoms with E-state index in [1.165, 1.54) is 28.1 Å². The molecule has 0 radical (unpaired) electrons. The maximum Gasteiger partial charge on any atom is 0.246 e. The first-order valence-corrected chi connectivity index (χ1v) is 8.75. The van der Waals surface area contributed by atoms with Crippen LogP contribution in [0.2, 0.25) is 0 Å². The Morgan fingerprint density at radius 3 is 2.63 bits per heavy atom. The number of carbonyl (C=O) groups excluding carboxylic acids is 1. The van der Waals surface area contributed by atoms with Crippen LogP contribution in [0.15, 0.2) is 60.7 Å². The number of hydrogen-bond acceptors (Lipinski definition) is 4. The average molecular weight is 363 g/mol. The van der Waals surface area contributed by atoms with E-state index in [1.807, 2.05) is 18.2 Å². The minimum atomic E-state index is -0.366. The normalized spacial score (nSPS) is 14.1. The standard InChI is InChI=1S/C20H18FN5O/c21-18-8-4-7-17(13-18)20-22-24-26(23-20)14-19(27)25-11-9-16(10-12-25)15-5-2-1-3-6-15/h1-9,13H,10-12,14H2. The Kier molecular flexibility index (Phi) is 4.74. The molecule has 3 aromatic rings. The zero-order valence-electron chi connectivity index (χ0n) is 14.6. The highest BCUT2D eigenvalue weighted by molar-refractivity contribution is 5.78. The van der Waals surface area contributed by atoms with Crippen molar-refractivity contribution in [3.63, 3.8) is 0 Å². The highest BCUT2D eigenvalue weighted by Crippen LogP contribution is 2.22. The van der Waals surface area contributed by atoms with Gasteiger partial charge < -0.3 is 4.90 Å². The first-order chi connectivity index (χ1) is 13.2. The molecule has 0 saturated heterocycles. The van der Waals surface area contributed by atoms with Crippen molar-refractivity contribution < 1.29 is 9.18 Å². The lowest BCUT2D eigenvalue weighted by Gasteiger charge is -2.26. The van der Waals surface area contributed by atoms with Gasteiger partial charge in [-0.2, -0.15) is 4.80 Å². The summed E-state index contributed by atoms with van der Waals surface area (Å²) >= 11 is 0. The van der Waals surface area contributed by atoms with Crippen LogP contribution >= 0.6 is 0 Å². The van der Waals surface area contributed by atoms with Gasteiger partial charge in [0.1, 0.15) is 12.4 Å². The molecular weight excluding hydrogens is 345 g/mol. The van der Waals surface area contributed by atoms with Crippen molar-refractivity contribution in [1.29, 1.82) is 0 Å². The molecular formula is C20H18FN5O. The van der Waals surface area contributed by atoms with E-state index in [4.69, 9.17) is 0 Å². The molecule has 6 nitrogen and oxygen atoms in total. The lowest BCUT2D eigenvalue weighted by Crippen LogP contribution is -2.37. The summed E-state index contributed by atoms with van der Waals surface area (Å²) in [4.78, 5) is 15.5. The van der Waals surface area contributed by atoms with Crippen molar-refractivity contribution in [3.8, 4) is 11.4 Å². The largest absolute Gasteiger partial charge is 0.337 e. The summed E-state index contributed by atoms with van der Waals surface area (Å²) in [5.74, 6) is -0.136. The Bertz CT molecular complexity index is 983. The zero-order chi connectivity index (χ0) is 18.6. The van der Waals surface area contributed by atoms with Gasteiger partial charge in [-0.1, -0.05) is 48.5 Å². The molecule has 1 amide bonds. The maximum absolute atomic E-state index is 13.3. The molecule has 1 aliphatic heterocycles. The van der Waals surface area contributed by atoms with E-state index >= 15 is 0 Å². The summed E-state index contributed by atoms with van der Waals surface area (Å²) < 4.78 is 13.3. The number of benzene rings is 2. The van der Waals surface area contributed by atoms with Crippen molar-refractivity contribution in [2.45, 2.75) is 13.0 Å². The smallest absolute Gasteiger partial charge is 0.246 e. The molecule has 1 aliphatic rings. The highest BCUT2D eigenvalue weighted by Gasteiger charge is 2.19. The van der Waals surface area contributed by atoms with Crippen LogP contribution in [0.4, 0.5) is 4.39 Å². The van der Waals surface area contributed by atoms with E-state index < -0.39 is 0 Å². The number of nitrogens with zero attached hydrogens (tertiary/aromatic N) is 5. The topological polar surface area (TPSA) is 63.9 Å². The maximum atomic E-state index is 13.3. The number of hydrogen-bond donors (Lipinski definition) is 0. The summed E-state index contributed by atoms with van der Waals surface area (Å²) in [7, 11) is 0. The van der Waals surface area contributed by atoms with Gasteiger partial charge in [0.15, 0.2) is 0 Å². The third-order valence-corrected chi connectivity index (χ3v) is 4.52. The summed E-state index contributed by atoms with van der Waals surface area (Å²) in [6, 6.07) is 16.2. The average Bonchev–Trinajstić information content (AvgIpc) is 3.17. The van der Waals surface area contributed by atoms with Gasteiger partial charge in [0.2, 0.25) is 11.7 Å². The molecule has 0 spiro atoms. The van der Waals surface area contributed by atoms with Gasteiger partial charge in [-0.05, 0) is 34.9 Å². The molecule has 0 N–H and O–H groups in total. The number of amides is 1. The third-order valence-electron chi connectivity index (χ3n) is 4.52. The van der Waals surface area contributed by atoms with Crippen LogP contribution in [0.5, 0.6) is 0 Å². The second kappa shape index (κ2) is 7.49. The first-order valence-electron chi connectivity index (χ1n) is 8.75. The van der Waals surface area contributed by atoms with E-state index in [0.29, 0.717) is 24.5 Å². The molecule has 0 aliphatic carbocycles. The Morgan fingerprint density at radius 1 is 1.07 bits per heavy atom. The quantitative estimate of drug-likeness (QED) is 0.715. The van der Waals surface area contributed by atoms with Gasteiger partial charge in [-0.15, -0.1) is 10.2 Å². The molecule has 0 bridgehead atoms. The molecule has 0 atom stereocenters. The zero-order valence-corrected chi connectivity index (χ0v) is 14.6. The Hall–Kier alpha value is -3.35. The number of rotatable bonds is 4. The van der Waals surface area contributed by atoms with Crippen molar-refractivity contribution in [2.24, 2.45) is 0 Å². The van der Waals surface area contributed by atoms with E-state index in [9.17, 15) is 9.18 Å². The van der Waals surface area contributed by atoms with Gasteiger partial charge in [-0.25, -0.2) is 4.39 Å². The van der Waals surface area contributed by atoms with Gasteiger partial charge >= 0.3 is 0 Å². The monoisotopic (exact) mass is 363 g/mol. The van der Waals surface area contributed by atoms with Gasteiger partial charge in [0.05, 0.1) is 0 Å². The summed E-state index contributed by atoms with van der Waals surface area (Å²) in [6.45, 7) is 1.23. The molecule has 2 aromatic carbocycles. The number of aromatic nitrogens is 4. The van der Waals surface area contributed by atoms with Crippen LogP contribution in [0.1, 0.15) is 12.0 Å². The van der Waals surface area contributed by atoms with Crippen LogP contribution in [-0.4, -0.2) is 44.1 Å². The Balaban J connectivity index is 1.40. The molecule has 0 unspecified atom stereocenters. The SMILES string of the molecule is O=C(Cn1nnc(-c2cccc(F)c2)n1)N1CC=C(c2ccccc2)CC1. The second-order valence-electron chi connectivity index (χ2n) is 6.34. The van der Waals surface area contributed by atoms with E-state index in [0.717, 1.165) is 6.42 Å². The van der Waals surface area contributed by atoms with Crippen LogP contribution in [0.3, 0.4) is 0 Å². The van der Waals surface area contributed by atoms with Crippen LogP contribution in [-0.2, 0) is 11.3 Å². The molecule has 0 fully saturated rings. The lowest BCUT2D eigenvalue weighted by atomic mass is 9.99. The van der Waals surface area contributed by atoms with E-state index in [1.54, 1.807) is 17.0 Å². The van der Waals surface area contributed by atoms with E-state index in [2.05, 4.69) is 33.6 Å². The Labute approximate surface area is 155 Å². The second-order valence-corrected chi connectivity index (χ2v) is 6.34. The molecule has 4 rings (SSSR count). The van der Waals surface area contributed by atoms with Gasteiger partial charge in [-0.3, -0.25) is 4.79 Å². The predicted octanol–water partition coefficient (Wildman–Crippen LogP) is 2.80. The first kappa shape index (κ1) is 17.1. The van der Waals surface area contributed by atoms with Crippen LogP contribution in [0, 0.1) is 5.82 Å². The van der Waals surface area contributed by atoms with E-state index in [-0.39, 0.29) is 18.3 Å². The molecule has 7 heteroatoms. The number of tetrazole rings is 1. The molecule has 2 heterocycles. The summed E-state index contributed by atoms with van der Waals surface area (Å²) in [5.41, 5.74) is 2.98. The van der Waals surface area contributed by atoms with Crippen molar-refractivity contribution in [3.05, 3.63) is 72.1 Å². The Morgan fingerprint density at radius 2 is 1.89 bits per heavy atom. The number of halogens is 1. The van der Waals surface area contributed by atoms with Crippen molar-refractivity contribution in [1.82, 2.24) is 25.1 Å². The van der Waals surface area contributed by atoms with Crippen LogP contribution < -0.4 is 0 Å². The summed E-state index contributed by atoms with van der Waals surface area (Å²) in [5, 5.41) is 12.0. The molecule has 0 saturated carbocycles. The predicted molar refractivity (Wildman–Crippen MR) is 98.8 cm³/mol. The minimum absolute atomic E-state index is 0.0107. The lowest BCUT2D eigenvalue weighted by molar-refractivity contribution is -0.131. The fourth-order valence-corrected chi connectivity index (χ4v) is 3.08. The third kappa shape index (κ3) is 3.92. The highest BCUT2D eigenvalue weighted by atomic mass is 19.1. The van der Waals surface area contributed by atoms with Crippen molar-refractivity contribution in [2.75, 3.05) is 13.1 Å². The number of carbonyl (C=O) groups is 1. The fourth-order valence-electron chi connectivity index (χ4n) is 3.08. The fraction of sp³-hybridized carbons (Fsp3) is 0.200. The van der Waals surface area contributed by atoms with Gasteiger partial charge in [0.25, 0.3) is 0 Å². The minimum Gasteiger partial charge on any atom is -0.337 e. The van der Waals surface area contributed by atoms with Gasteiger partial charge in [0, 0.05) is 18.7 Å². The molecule has 1 aromatic heterocycles. The molecule has 136 valence electrons. The van der Waals surface area contributed by atoms with Crippen molar-refractivity contribution >= 4 is 11.5 Å². The van der Waals surface area contributed by atoms with Crippen LogP contribution in [0.25, 0.3) is 17.0 Å². The summed E-state index contributed by atoms with van der Waals surface area (Å²) in [6.07, 6.45) is 2.90. The molecule has 27 heavy (non-hydrogen) atoms.